The summed E-state index contributed by atoms with van der Waals surface area (Å²) in [5, 5.41) is 15.8. The standard InChI is InChI=1S/C66H63N3O2S/c1-63(2,3)44-27-28-54(48(34-44)40-22-17-14-18-23-40)69-55-25-19-24-47(59(55)68-61(69)51-35-46(65(7,8)9)36-52(60(51)70)66(10,11)12)42-30-43(32-45(31-42)64(4,5)6)62-67-53-38-57-50(37-58(53)72-62)49-33-41(26-29-56(49)71-57)39-20-15-13-16-21-39/h13-38,70H,1-12H3. The van der Waals surface area contributed by atoms with E-state index < -0.39 is 0 Å². The van der Waals surface area contributed by atoms with Crippen LogP contribution >= 0.6 is 11.3 Å². The van der Waals surface area contributed by atoms with E-state index in [-0.39, 0.29) is 27.4 Å². The molecule has 360 valence electrons. The smallest absolute Gasteiger partial charge is 0.149 e. The number of hydrogen-bond acceptors (Lipinski definition) is 5. The van der Waals surface area contributed by atoms with Gasteiger partial charge in [0.15, 0.2) is 0 Å². The van der Waals surface area contributed by atoms with E-state index in [1.807, 2.05) is 0 Å². The van der Waals surface area contributed by atoms with Crippen LogP contribution in [0, 0.1) is 0 Å². The van der Waals surface area contributed by atoms with Crippen LogP contribution in [0.25, 0.3) is 104 Å². The molecule has 0 unspecified atom stereocenters. The lowest BCUT2D eigenvalue weighted by Crippen LogP contribution is -2.17. The highest BCUT2D eigenvalue weighted by Gasteiger charge is 2.30. The average molecular weight is 962 g/mol. The molecule has 3 heterocycles. The van der Waals surface area contributed by atoms with Crippen LogP contribution in [0.2, 0.25) is 0 Å². The molecule has 3 aromatic heterocycles. The molecule has 0 aliphatic rings. The van der Waals surface area contributed by atoms with E-state index in [2.05, 4.69) is 245 Å². The van der Waals surface area contributed by atoms with E-state index >= 15 is 0 Å². The van der Waals surface area contributed by atoms with Crippen molar-refractivity contribution in [3.8, 4) is 66.8 Å². The molecule has 0 radical (unpaired) electrons. The second-order valence-electron chi connectivity index (χ2n) is 23.8. The predicted molar refractivity (Wildman–Crippen MR) is 305 cm³/mol. The summed E-state index contributed by atoms with van der Waals surface area (Å²) in [6.07, 6.45) is 0. The zero-order chi connectivity index (χ0) is 50.6. The Hall–Kier alpha value is -7.28. The van der Waals surface area contributed by atoms with Crippen molar-refractivity contribution in [2.75, 3.05) is 0 Å². The molecular formula is C66H63N3O2S. The van der Waals surface area contributed by atoms with Gasteiger partial charge in [-0.2, -0.15) is 0 Å². The van der Waals surface area contributed by atoms with E-state index in [0.29, 0.717) is 11.4 Å². The quantitative estimate of drug-likeness (QED) is 0.180. The topological polar surface area (TPSA) is 64.1 Å². The number of hydrogen-bond donors (Lipinski definition) is 1. The van der Waals surface area contributed by atoms with E-state index in [9.17, 15) is 5.11 Å². The Balaban J connectivity index is 1.15. The number of thiazole rings is 1. The number of aromatic hydroxyl groups is 1. The Morgan fingerprint density at radius 3 is 1.78 bits per heavy atom. The minimum Gasteiger partial charge on any atom is -0.507 e. The van der Waals surface area contributed by atoms with Gasteiger partial charge in [0, 0.05) is 39.1 Å². The number of nitrogens with zero attached hydrogens (tertiary/aromatic N) is 3. The maximum Gasteiger partial charge on any atom is 0.149 e. The van der Waals surface area contributed by atoms with E-state index in [4.69, 9.17) is 14.4 Å². The Bertz CT molecular complexity index is 3900. The van der Waals surface area contributed by atoms with E-state index in [1.54, 1.807) is 11.3 Å². The number of aromatic nitrogens is 3. The van der Waals surface area contributed by atoms with Crippen molar-refractivity contribution in [2.45, 2.75) is 105 Å². The van der Waals surface area contributed by atoms with Crippen LogP contribution in [0.4, 0.5) is 0 Å². The number of rotatable bonds is 6. The number of phenols is 1. The second kappa shape index (κ2) is 16.9. The van der Waals surface area contributed by atoms with Crippen LogP contribution in [0.15, 0.2) is 162 Å². The molecule has 6 heteroatoms. The summed E-state index contributed by atoms with van der Waals surface area (Å²) in [5.74, 6) is 0.948. The molecule has 0 bridgehead atoms. The lowest BCUT2D eigenvalue weighted by atomic mass is 9.79. The highest BCUT2D eigenvalue weighted by Crippen LogP contribution is 2.47. The van der Waals surface area contributed by atoms with Gasteiger partial charge in [-0.1, -0.05) is 180 Å². The van der Waals surface area contributed by atoms with Crippen molar-refractivity contribution >= 4 is 54.5 Å². The van der Waals surface area contributed by atoms with Crippen LogP contribution in [-0.2, 0) is 21.7 Å². The number of para-hydroxylation sites is 1. The lowest BCUT2D eigenvalue weighted by molar-refractivity contribution is 0.446. The van der Waals surface area contributed by atoms with Gasteiger partial charge in [0.1, 0.15) is 27.7 Å². The van der Waals surface area contributed by atoms with Crippen molar-refractivity contribution < 1.29 is 9.52 Å². The fourth-order valence-corrected chi connectivity index (χ4v) is 11.1. The molecule has 0 aliphatic heterocycles. The second-order valence-corrected chi connectivity index (χ2v) is 24.8. The Morgan fingerprint density at radius 1 is 0.458 bits per heavy atom. The molecule has 11 rings (SSSR count). The molecule has 8 aromatic carbocycles. The number of fused-ring (bicyclic) bond motifs is 5. The molecule has 0 saturated carbocycles. The molecule has 72 heavy (non-hydrogen) atoms. The molecule has 1 N–H and O–H groups in total. The molecule has 0 spiro atoms. The minimum atomic E-state index is -0.334. The van der Waals surface area contributed by atoms with Gasteiger partial charge in [-0.25, -0.2) is 9.97 Å². The minimum absolute atomic E-state index is 0.0824. The van der Waals surface area contributed by atoms with E-state index in [0.717, 1.165) is 98.4 Å². The highest BCUT2D eigenvalue weighted by molar-refractivity contribution is 7.21. The van der Waals surface area contributed by atoms with Crippen LogP contribution in [0.3, 0.4) is 0 Å². The van der Waals surface area contributed by atoms with Crippen molar-refractivity contribution in [3.05, 3.63) is 180 Å². The third-order valence-corrected chi connectivity index (χ3v) is 15.4. The van der Waals surface area contributed by atoms with Crippen molar-refractivity contribution in [2.24, 2.45) is 0 Å². The Labute approximate surface area is 427 Å². The normalized spacial score (nSPS) is 12.8. The number of imidazole rings is 1. The fourth-order valence-electron chi connectivity index (χ4n) is 10.1. The summed E-state index contributed by atoms with van der Waals surface area (Å²) in [7, 11) is 0. The van der Waals surface area contributed by atoms with Crippen LogP contribution in [0.5, 0.6) is 5.75 Å². The molecule has 0 saturated heterocycles. The van der Waals surface area contributed by atoms with Crippen LogP contribution < -0.4 is 0 Å². The lowest BCUT2D eigenvalue weighted by Gasteiger charge is -2.28. The zero-order valence-corrected chi connectivity index (χ0v) is 44.4. The van der Waals surface area contributed by atoms with Gasteiger partial charge in [0.2, 0.25) is 0 Å². The van der Waals surface area contributed by atoms with Crippen LogP contribution in [0.1, 0.15) is 105 Å². The molecule has 11 aromatic rings. The van der Waals surface area contributed by atoms with Gasteiger partial charge in [-0.15, -0.1) is 11.3 Å². The third kappa shape index (κ3) is 8.39. The summed E-state index contributed by atoms with van der Waals surface area (Å²) in [6, 6.07) is 56.6. The van der Waals surface area contributed by atoms with Gasteiger partial charge in [-0.3, -0.25) is 4.57 Å². The van der Waals surface area contributed by atoms with E-state index in [1.165, 1.54) is 16.7 Å². The molecule has 0 amide bonds. The van der Waals surface area contributed by atoms with Gasteiger partial charge in [0.05, 0.1) is 32.5 Å². The summed E-state index contributed by atoms with van der Waals surface area (Å²) >= 11 is 1.72. The Morgan fingerprint density at radius 2 is 1.10 bits per heavy atom. The van der Waals surface area contributed by atoms with Gasteiger partial charge in [-0.05, 0) is 115 Å². The maximum absolute atomic E-state index is 12.6. The van der Waals surface area contributed by atoms with Crippen molar-refractivity contribution in [1.29, 1.82) is 0 Å². The zero-order valence-electron chi connectivity index (χ0n) is 43.6. The summed E-state index contributed by atoms with van der Waals surface area (Å²) in [5.41, 5.74) is 17.5. The summed E-state index contributed by atoms with van der Waals surface area (Å²) in [4.78, 5) is 11.1. The summed E-state index contributed by atoms with van der Waals surface area (Å²) < 4.78 is 9.88. The largest absolute Gasteiger partial charge is 0.507 e. The SMILES string of the molecule is CC(C)(C)c1cc(-c2nc3cc4oc5ccc(-c6ccccc6)cc5c4cc3s2)cc(-c2cccc3c2nc(-c2cc(C(C)(C)C)cc(C(C)(C)C)c2O)n3-c2ccc(C(C)(C)C)cc2-c2ccccc2)c1. The van der Waals surface area contributed by atoms with Crippen LogP contribution in [-0.4, -0.2) is 19.6 Å². The molecule has 5 nitrogen and oxygen atoms in total. The number of benzene rings is 8. The predicted octanol–water partition coefficient (Wildman–Crippen LogP) is 18.8. The maximum atomic E-state index is 12.6. The first-order chi connectivity index (χ1) is 34.1. The molecule has 0 fully saturated rings. The molecule has 0 aliphatic carbocycles. The number of phenolic OH excluding ortho intramolecular Hbond substituents is 1. The number of furan rings is 1. The third-order valence-electron chi connectivity index (χ3n) is 14.3. The van der Waals surface area contributed by atoms with Crippen molar-refractivity contribution in [1.82, 2.24) is 14.5 Å². The fraction of sp³-hybridized carbons (Fsp3) is 0.242. The highest BCUT2D eigenvalue weighted by atomic mass is 32.1. The molecular weight excluding hydrogens is 899 g/mol. The van der Waals surface area contributed by atoms with Gasteiger partial charge in [0.25, 0.3) is 0 Å². The first-order valence-corrected chi connectivity index (χ1v) is 26.0. The Kier molecular flexibility index (Phi) is 11.1. The van der Waals surface area contributed by atoms with Crippen molar-refractivity contribution in [3.63, 3.8) is 0 Å². The average Bonchev–Trinajstić information content (AvgIpc) is 4.05. The monoisotopic (exact) mass is 961 g/mol. The first-order valence-electron chi connectivity index (χ1n) is 25.2. The summed E-state index contributed by atoms with van der Waals surface area (Å²) in [6.45, 7) is 26.8. The van der Waals surface area contributed by atoms with Gasteiger partial charge >= 0.3 is 0 Å². The van der Waals surface area contributed by atoms with Gasteiger partial charge < -0.3 is 9.52 Å². The molecule has 0 atom stereocenters. The first kappa shape index (κ1) is 47.1.